The predicted octanol–water partition coefficient (Wildman–Crippen LogP) is 4.86. The Balaban J connectivity index is 2.35. The molecule has 0 aliphatic heterocycles. The number of hydrogen-bond acceptors (Lipinski definition) is 2. The summed E-state index contributed by atoms with van der Waals surface area (Å²) in [5.74, 6) is 0.858. The zero-order valence-electron chi connectivity index (χ0n) is 12.8. The van der Waals surface area contributed by atoms with Gasteiger partial charge in [0, 0.05) is 0 Å². The van der Waals surface area contributed by atoms with Crippen LogP contribution in [0.1, 0.15) is 36.1 Å². The summed E-state index contributed by atoms with van der Waals surface area (Å²) in [5.41, 5.74) is 3.80. The smallest absolute Gasteiger partial charge is 0.133 e. The predicted molar refractivity (Wildman–Crippen MR) is 92.0 cm³/mol. The zero-order chi connectivity index (χ0) is 15.2. The van der Waals surface area contributed by atoms with Crippen molar-refractivity contribution in [2.45, 2.75) is 26.3 Å². The summed E-state index contributed by atoms with van der Waals surface area (Å²) in [7, 11) is 1.69. The topological polar surface area (TPSA) is 21.3 Å². The van der Waals surface area contributed by atoms with E-state index >= 15 is 0 Å². The number of halogens is 1. The SMILES string of the molecule is CCCNC(c1ccc(C)cc1)c1ccc(OC)c(Br)c1. The molecule has 0 bridgehead atoms. The van der Waals surface area contributed by atoms with E-state index in [0.29, 0.717) is 0 Å². The van der Waals surface area contributed by atoms with Gasteiger partial charge in [0.25, 0.3) is 0 Å². The second-order valence-corrected chi connectivity index (χ2v) is 6.05. The van der Waals surface area contributed by atoms with Gasteiger partial charge >= 0.3 is 0 Å². The van der Waals surface area contributed by atoms with Gasteiger partial charge in [-0.25, -0.2) is 0 Å². The van der Waals surface area contributed by atoms with Crippen molar-refractivity contribution in [1.29, 1.82) is 0 Å². The molecule has 2 rings (SSSR count). The van der Waals surface area contributed by atoms with Gasteiger partial charge in [0.05, 0.1) is 17.6 Å². The highest BCUT2D eigenvalue weighted by molar-refractivity contribution is 9.10. The molecule has 1 atom stereocenters. The van der Waals surface area contributed by atoms with Crippen molar-refractivity contribution < 1.29 is 4.74 Å². The Morgan fingerprint density at radius 3 is 2.33 bits per heavy atom. The molecule has 1 N–H and O–H groups in total. The van der Waals surface area contributed by atoms with Crippen molar-refractivity contribution in [1.82, 2.24) is 5.32 Å². The Labute approximate surface area is 135 Å². The first-order valence-electron chi connectivity index (χ1n) is 7.29. The Kier molecular flexibility index (Phi) is 5.83. The van der Waals surface area contributed by atoms with Crippen molar-refractivity contribution in [3.05, 3.63) is 63.6 Å². The van der Waals surface area contributed by atoms with Crippen LogP contribution in [0, 0.1) is 6.92 Å². The van der Waals surface area contributed by atoms with E-state index in [1.807, 2.05) is 6.07 Å². The maximum Gasteiger partial charge on any atom is 0.133 e. The zero-order valence-corrected chi connectivity index (χ0v) is 14.4. The normalized spacial score (nSPS) is 12.2. The molecule has 112 valence electrons. The van der Waals surface area contributed by atoms with E-state index in [9.17, 15) is 0 Å². The van der Waals surface area contributed by atoms with E-state index in [1.165, 1.54) is 16.7 Å². The summed E-state index contributed by atoms with van der Waals surface area (Å²) >= 11 is 3.58. The molecule has 0 amide bonds. The van der Waals surface area contributed by atoms with Crippen LogP contribution in [0.15, 0.2) is 46.9 Å². The van der Waals surface area contributed by atoms with Gasteiger partial charge in [-0.2, -0.15) is 0 Å². The van der Waals surface area contributed by atoms with Crippen LogP contribution in [0.25, 0.3) is 0 Å². The van der Waals surface area contributed by atoms with Gasteiger partial charge in [-0.15, -0.1) is 0 Å². The van der Waals surface area contributed by atoms with Crippen LogP contribution in [0.4, 0.5) is 0 Å². The van der Waals surface area contributed by atoms with Crippen molar-refractivity contribution >= 4 is 15.9 Å². The van der Waals surface area contributed by atoms with Crippen LogP contribution in [0.5, 0.6) is 5.75 Å². The van der Waals surface area contributed by atoms with Gasteiger partial charge in [0.1, 0.15) is 5.75 Å². The quantitative estimate of drug-likeness (QED) is 0.805. The molecule has 0 fully saturated rings. The molecule has 21 heavy (non-hydrogen) atoms. The van der Waals surface area contributed by atoms with E-state index in [2.05, 4.69) is 71.5 Å². The molecule has 2 aromatic carbocycles. The maximum absolute atomic E-state index is 5.32. The number of aryl methyl sites for hydroxylation is 1. The van der Waals surface area contributed by atoms with Crippen molar-refractivity contribution in [2.75, 3.05) is 13.7 Å². The lowest BCUT2D eigenvalue weighted by Gasteiger charge is -2.20. The third-order valence-electron chi connectivity index (χ3n) is 3.52. The van der Waals surface area contributed by atoms with Crippen molar-refractivity contribution in [3.63, 3.8) is 0 Å². The minimum Gasteiger partial charge on any atom is -0.496 e. The molecule has 0 heterocycles. The molecule has 0 radical (unpaired) electrons. The average Bonchev–Trinajstić information content (AvgIpc) is 2.49. The fraction of sp³-hybridized carbons (Fsp3) is 0.333. The largest absolute Gasteiger partial charge is 0.496 e. The van der Waals surface area contributed by atoms with E-state index < -0.39 is 0 Å². The summed E-state index contributed by atoms with van der Waals surface area (Å²) in [6.07, 6.45) is 1.11. The fourth-order valence-electron chi connectivity index (χ4n) is 2.34. The summed E-state index contributed by atoms with van der Waals surface area (Å²) in [6, 6.07) is 15.2. The van der Waals surface area contributed by atoms with Gasteiger partial charge in [-0.1, -0.05) is 42.8 Å². The van der Waals surface area contributed by atoms with Crippen LogP contribution in [0.2, 0.25) is 0 Å². The monoisotopic (exact) mass is 347 g/mol. The number of methoxy groups -OCH3 is 1. The van der Waals surface area contributed by atoms with Crippen molar-refractivity contribution in [2.24, 2.45) is 0 Å². The third-order valence-corrected chi connectivity index (χ3v) is 4.14. The molecule has 2 aromatic rings. The lowest BCUT2D eigenvalue weighted by molar-refractivity contribution is 0.411. The second kappa shape index (κ2) is 7.62. The van der Waals surface area contributed by atoms with Crippen LogP contribution in [-0.4, -0.2) is 13.7 Å². The highest BCUT2D eigenvalue weighted by Crippen LogP contribution is 2.30. The van der Waals surface area contributed by atoms with E-state index in [-0.39, 0.29) is 6.04 Å². The molecular weight excluding hydrogens is 326 g/mol. The maximum atomic E-state index is 5.32. The van der Waals surface area contributed by atoms with Gasteiger partial charge < -0.3 is 10.1 Å². The molecule has 0 saturated carbocycles. The molecule has 0 spiro atoms. The van der Waals surface area contributed by atoms with Crippen LogP contribution < -0.4 is 10.1 Å². The third kappa shape index (κ3) is 4.08. The molecule has 0 saturated heterocycles. The average molecular weight is 348 g/mol. The standard InChI is InChI=1S/C18H22BrNO/c1-4-11-20-18(14-7-5-13(2)6-8-14)15-9-10-17(21-3)16(19)12-15/h5-10,12,18,20H,4,11H2,1-3H3. The Hall–Kier alpha value is -1.32. The van der Waals surface area contributed by atoms with Gasteiger partial charge in [0.15, 0.2) is 0 Å². The summed E-state index contributed by atoms with van der Waals surface area (Å²) in [6.45, 7) is 5.29. The molecular formula is C18H22BrNO. The van der Waals surface area contributed by atoms with E-state index in [1.54, 1.807) is 7.11 Å². The first-order chi connectivity index (χ1) is 10.2. The number of benzene rings is 2. The molecule has 0 aromatic heterocycles. The van der Waals surface area contributed by atoms with Crippen LogP contribution >= 0.6 is 15.9 Å². The van der Waals surface area contributed by atoms with Gasteiger partial charge in [-0.3, -0.25) is 0 Å². The van der Waals surface area contributed by atoms with Crippen LogP contribution in [-0.2, 0) is 0 Å². The first kappa shape index (κ1) is 16.1. The number of hydrogen-bond donors (Lipinski definition) is 1. The van der Waals surface area contributed by atoms with E-state index in [0.717, 1.165) is 23.2 Å². The van der Waals surface area contributed by atoms with Crippen molar-refractivity contribution in [3.8, 4) is 5.75 Å². The number of nitrogens with one attached hydrogen (secondary N) is 1. The first-order valence-corrected chi connectivity index (χ1v) is 8.08. The minimum atomic E-state index is 0.202. The number of ether oxygens (including phenoxy) is 1. The minimum absolute atomic E-state index is 0.202. The summed E-state index contributed by atoms with van der Waals surface area (Å²) in [4.78, 5) is 0. The molecule has 0 aliphatic carbocycles. The number of rotatable bonds is 6. The molecule has 3 heteroatoms. The van der Waals surface area contributed by atoms with Gasteiger partial charge in [0.2, 0.25) is 0 Å². The molecule has 2 nitrogen and oxygen atoms in total. The lowest BCUT2D eigenvalue weighted by Crippen LogP contribution is -2.23. The fourth-order valence-corrected chi connectivity index (χ4v) is 2.90. The Morgan fingerprint density at radius 2 is 1.76 bits per heavy atom. The van der Waals surface area contributed by atoms with Gasteiger partial charge in [-0.05, 0) is 59.1 Å². The Bertz CT molecular complexity index is 580. The van der Waals surface area contributed by atoms with E-state index in [4.69, 9.17) is 4.74 Å². The second-order valence-electron chi connectivity index (χ2n) is 5.19. The van der Waals surface area contributed by atoms with Crippen LogP contribution in [0.3, 0.4) is 0 Å². The lowest BCUT2D eigenvalue weighted by atomic mass is 9.97. The highest BCUT2D eigenvalue weighted by Gasteiger charge is 2.14. The summed E-state index contributed by atoms with van der Waals surface area (Å²) in [5, 5.41) is 3.62. The Morgan fingerprint density at radius 1 is 1.10 bits per heavy atom. The highest BCUT2D eigenvalue weighted by atomic mass is 79.9. The molecule has 1 unspecified atom stereocenters. The summed E-state index contributed by atoms with van der Waals surface area (Å²) < 4.78 is 6.30. The molecule has 0 aliphatic rings.